The van der Waals surface area contributed by atoms with E-state index in [2.05, 4.69) is 25.8 Å². The van der Waals surface area contributed by atoms with Crippen LogP contribution in [0.3, 0.4) is 0 Å². The average molecular weight is 216 g/mol. The van der Waals surface area contributed by atoms with Gasteiger partial charge in [0.15, 0.2) is 0 Å². The van der Waals surface area contributed by atoms with Crippen LogP contribution in [0, 0.1) is 0 Å². The van der Waals surface area contributed by atoms with Crippen LogP contribution in [-0.4, -0.2) is 41.8 Å². The normalized spacial score (nSPS) is 16.0. The van der Waals surface area contributed by atoms with Gasteiger partial charge in [-0.15, -0.1) is 0 Å². The molecule has 1 unspecified atom stereocenters. The smallest absolute Gasteiger partial charge is 0.0608 e. The predicted octanol–water partition coefficient (Wildman–Crippen LogP) is 1.60. The molecule has 0 aromatic rings. The van der Waals surface area contributed by atoms with Crippen molar-refractivity contribution >= 4 is 0 Å². The number of aliphatic hydroxyl groups is 1. The van der Waals surface area contributed by atoms with Gasteiger partial charge in [-0.25, -0.2) is 0 Å². The molecular weight excluding hydrogens is 188 g/mol. The lowest BCUT2D eigenvalue weighted by molar-refractivity contribution is 0.180. The number of nitrogens with zero attached hydrogens (tertiary/aromatic N) is 1. The molecule has 0 amide bonds. The van der Waals surface area contributed by atoms with Gasteiger partial charge in [0, 0.05) is 11.6 Å². The van der Waals surface area contributed by atoms with Gasteiger partial charge in [0.25, 0.3) is 0 Å². The summed E-state index contributed by atoms with van der Waals surface area (Å²) in [4.78, 5) is 2.40. The molecule has 0 aromatic heterocycles. The molecule has 3 N–H and O–H groups in total. The van der Waals surface area contributed by atoms with Gasteiger partial charge in [0.05, 0.1) is 6.61 Å². The maximum atomic E-state index is 9.02. The third kappa shape index (κ3) is 6.13. The average Bonchev–Trinajstić information content (AvgIpc) is 2.19. The quantitative estimate of drug-likeness (QED) is 0.648. The van der Waals surface area contributed by atoms with Crippen molar-refractivity contribution in [1.82, 2.24) is 4.90 Å². The Balaban J connectivity index is 3.76. The van der Waals surface area contributed by atoms with E-state index in [9.17, 15) is 0 Å². The van der Waals surface area contributed by atoms with E-state index in [4.69, 9.17) is 10.8 Å². The molecule has 15 heavy (non-hydrogen) atoms. The summed E-state index contributed by atoms with van der Waals surface area (Å²) in [6, 6.07) is 0.683. The molecule has 0 radical (unpaired) electrons. The Hall–Kier alpha value is -0.120. The minimum absolute atomic E-state index is 0.0711. The molecule has 0 fully saturated rings. The van der Waals surface area contributed by atoms with Gasteiger partial charge in [0.2, 0.25) is 0 Å². The number of rotatable bonds is 8. The lowest BCUT2D eigenvalue weighted by Crippen LogP contribution is -2.41. The zero-order valence-electron chi connectivity index (χ0n) is 10.8. The third-order valence-corrected chi connectivity index (χ3v) is 3.19. The molecule has 1 atom stereocenters. The highest BCUT2D eigenvalue weighted by Gasteiger charge is 2.17. The minimum atomic E-state index is -0.408. The van der Waals surface area contributed by atoms with Crippen LogP contribution in [0.25, 0.3) is 0 Å². The standard InChI is InChI=1S/C12H28N2O/c1-5-11(6-2)14(4)9-7-8-12(3,13)10-15/h11,15H,5-10,13H2,1-4H3. The van der Waals surface area contributed by atoms with Gasteiger partial charge in [-0.1, -0.05) is 13.8 Å². The molecule has 0 aromatic carbocycles. The van der Waals surface area contributed by atoms with E-state index in [0.717, 1.165) is 19.4 Å². The summed E-state index contributed by atoms with van der Waals surface area (Å²) in [7, 11) is 2.17. The molecule has 3 heteroatoms. The summed E-state index contributed by atoms with van der Waals surface area (Å²) in [6.07, 6.45) is 4.34. The largest absolute Gasteiger partial charge is 0.394 e. The van der Waals surface area contributed by atoms with E-state index < -0.39 is 5.54 Å². The molecule has 0 aliphatic heterocycles. The molecule has 0 aliphatic carbocycles. The van der Waals surface area contributed by atoms with Gasteiger partial charge in [-0.05, 0) is 46.2 Å². The van der Waals surface area contributed by atoms with E-state index >= 15 is 0 Å². The molecule has 0 saturated carbocycles. The van der Waals surface area contributed by atoms with Crippen molar-refractivity contribution in [3.8, 4) is 0 Å². The lowest BCUT2D eigenvalue weighted by atomic mass is 9.98. The summed E-state index contributed by atoms with van der Waals surface area (Å²) in [6.45, 7) is 7.50. The van der Waals surface area contributed by atoms with Crippen LogP contribution in [-0.2, 0) is 0 Å². The summed E-state index contributed by atoms with van der Waals surface area (Å²) in [5.74, 6) is 0. The van der Waals surface area contributed by atoms with Crippen molar-refractivity contribution in [2.45, 2.75) is 58.0 Å². The van der Waals surface area contributed by atoms with Crippen LogP contribution < -0.4 is 5.73 Å². The highest BCUT2D eigenvalue weighted by Crippen LogP contribution is 2.11. The highest BCUT2D eigenvalue weighted by molar-refractivity contribution is 4.77. The third-order valence-electron chi connectivity index (χ3n) is 3.19. The van der Waals surface area contributed by atoms with Crippen LogP contribution in [0.2, 0.25) is 0 Å². The van der Waals surface area contributed by atoms with E-state index in [0.29, 0.717) is 6.04 Å². The molecule has 92 valence electrons. The van der Waals surface area contributed by atoms with Crippen molar-refractivity contribution in [2.24, 2.45) is 5.73 Å². The van der Waals surface area contributed by atoms with Crippen molar-refractivity contribution in [1.29, 1.82) is 0 Å². The Bertz CT molecular complexity index is 156. The van der Waals surface area contributed by atoms with Gasteiger partial charge < -0.3 is 15.7 Å². The predicted molar refractivity (Wildman–Crippen MR) is 65.9 cm³/mol. The first-order chi connectivity index (χ1) is 6.96. The van der Waals surface area contributed by atoms with Crippen molar-refractivity contribution in [2.75, 3.05) is 20.2 Å². The molecule has 3 nitrogen and oxygen atoms in total. The van der Waals surface area contributed by atoms with E-state index in [-0.39, 0.29) is 6.61 Å². The second kappa shape index (κ2) is 7.20. The number of hydrogen-bond donors (Lipinski definition) is 2. The number of aliphatic hydroxyl groups excluding tert-OH is 1. The molecule has 0 spiro atoms. The van der Waals surface area contributed by atoms with Crippen LogP contribution in [0.15, 0.2) is 0 Å². The van der Waals surface area contributed by atoms with Crippen LogP contribution in [0.4, 0.5) is 0 Å². The van der Waals surface area contributed by atoms with Gasteiger partial charge >= 0.3 is 0 Å². The van der Waals surface area contributed by atoms with E-state index in [1.54, 1.807) is 0 Å². The van der Waals surface area contributed by atoms with Crippen LogP contribution in [0.5, 0.6) is 0 Å². The topological polar surface area (TPSA) is 49.5 Å². The molecule has 0 rings (SSSR count). The Morgan fingerprint density at radius 2 is 1.87 bits per heavy atom. The monoisotopic (exact) mass is 216 g/mol. The van der Waals surface area contributed by atoms with E-state index in [1.807, 2.05) is 6.92 Å². The van der Waals surface area contributed by atoms with Crippen LogP contribution >= 0.6 is 0 Å². The van der Waals surface area contributed by atoms with Gasteiger partial charge in [0.1, 0.15) is 0 Å². The van der Waals surface area contributed by atoms with E-state index in [1.165, 1.54) is 12.8 Å². The van der Waals surface area contributed by atoms with Gasteiger partial charge in [-0.2, -0.15) is 0 Å². The van der Waals surface area contributed by atoms with Crippen molar-refractivity contribution in [3.05, 3.63) is 0 Å². The lowest BCUT2D eigenvalue weighted by Gasteiger charge is -2.28. The Morgan fingerprint density at radius 1 is 1.33 bits per heavy atom. The fraction of sp³-hybridized carbons (Fsp3) is 1.00. The second-order valence-corrected chi connectivity index (χ2v) is 4.87. The molecule has 0 heterocycles. The maximum Gasteiger partial charge on any atom is 0.0608 e. The van der Waals surface area contributed by atoms with Crippen LogP contribution in [0.1, 0.15) is 46.5 Å². The SMILES string of the molecule is CCC(CC)N(C)CCCC(C)(N)CO. The number of hydrogen-bond acceptors (Lipinski definition) is 3. The fourth-order valence-electron chi connectivity index (χ4n) is 1.91. The first kappa shape index (κ1) is 14.9. The summed E-state index contributed by atoms with van der Waals surface area (Å²) >= 11 is 0. The first-order valence-electron chi connectivity index (χ1n) is 6.06. The minimum Gasteiger partial charge on any atom is -0.394 e. The summed E-state index contributed by atoms with van der Waals surface area (Å²) < 4.78 is 0. The van der Waals surface area contributed by atoms with Gasteiger partial charge in [-0.3, -0.25) is 0 Å². The summed E-state index contributed by atoms with van der Waals surface area (Å²) in [5, 5.41) is 9.02. The zero-order chi connectivity index (χ0) is 11.9. The molecule has 0 bridgehead atoms. The Labute approximate surface area is 94.6 Å². The maximum absolute atomic E-state index is 9.02. The van der Waals surface area contributed by atoms with Crippen molar-refractivity contribution < 1.29 is 5.11 Å². The van der Waals surface area contributed by atoms with Crippen molar-refractivity contribution in [3.63, 3.8) is 0 Å². The molecular formula is C12H28N2O. The first-order valence-corrected chi connectivity index (χ1v) is 6.06. The fourth-order valence-corrected chi connectivity index (χ4v) is 1.91. The second-order valence-electron chi connectivity index (χ2n) is 4.87. The molecule has 0 saturated heterocycles. The Kier molecular flexibility index (Phi) is 7.14. The number of nitrogens with two attached hydrogens (primary N) is 1. The highest BCUT2D eigenvalue weighted by atomic mass is 16.3. The Morgan fingerprint density at radius 3 is 2.27 bits per heavy atom. The molecule has 0 aliphatic rings. The zero-order valence-corrected chi connectivity index (χ0v) is 10.8. The summed E-state index contributed by atoms with van der Waals surface area (Å²) in [5.41, 5.74) is 5.47.